The Morgan fingerprint density at radius 1 is 1.07 bits per heavy atom. The number of piperidine rings is 1. The van der Waals surface area contributed by atoms with E-state index >= 15 is 0 Å². The van der Waals surface area contributed by atoms with Crippen LogP contribution in [0.4, 0.5) is 10.8 Å². The summed E-state index contributed by atoms with van der Waals surface area (Å²) in [6.45, 7) is 5.31. The van der Waals surface area contributed by atoms with Crippen LogP contribution >= 0.6 is 11.3 Å². The van der Waals surface area contributed by atoms with Crippen LogP contribution in [-0.4, -0.2) is 52.5 Å². The maximum absolute atomic E-state index is 13.0. The van der Waals surface area contributed by atoms with Gasteiger partial charge in [0.1, 0.15) is 5.01 Å². The number of amides is 3. The number of likely N-dealkylation sites (tertiary alicyclic amines) is 1. The van der Waals surface area contributed by atoms with E-state index in [1.807, 2.05) is 38.1 Å². The summed E-state index contributed by atoms with van der Waals surface area (Å²) in [6.07, 6.45) is 1.46. The minimum absolute atomic E-state index is 0.0107. The molecule has 0 aliphatic carbocycles. The molecule has 30 heavy (non-hydrogen) atoms. The largest absolute Gasteiger partial charge is 0.342 e. The summed E-state index contributed by atoms with van der Waals surface area (Å²) >= 11 is 1.35. The highest BCUT2D eigenvalue weighted by Crippen LogP contribution is 2.28. The van der Waals surface area contributed by atoms with E-state index < -0.39 is 0 Å². The van der Waals surface area contributed by atoms with E-state index in [2.05, 4.69) is 15.5 Å². The molecule has 1 N–H and O–H groups in total. The van der Waals surface area contributed by atoms with Gasteiger partial charge in [-0.2, -0.15) is 0 Å². The number of carbonyl (C=O) groups excluding carboxylic acids is 3. The maximum atomic E-state index is 13.0. The molecule has 1 atom stereocenters. The predicted molar refractivity (Wildman–Crippen MR) is 114 cm³/mol. The molecule has 9 heteroatoms. The molecule has 0 radical (unpaired) electrons. The third-order valence-electron chi connectivity index (χ3n) is 5.75. The zero-order valence-electron chi connectivity index (χ0n) is 17.1. The van der Waals surface area contributed by atoms with Gasteiger partial charge in [-0.15, -0.1) is 10.2 Å². The molecule has 3 heterocycles. The smallest absolute Gasteiger partial charge is 0.229 e. The highest BCUT2D eigenvalue weighted by Gasteiger charge is 2.38. The Balaban J connectivity index is 1.30. The fourth-order valence-corrected chi connectivity index (χ4v) is 4.62. The minimum atomic E-state index is -0.325. The molecule has 0 bridgehead atoms. The molecule has 8 nitrogen and oxygen atoms in total. The molecule has 2 aliphatic rings. The summed E-state index contributed by atoms with van der Waals surface area (Å²) in [5.41, 5.74) is 1.97. The second-order valence-corrected chi connectivity index (χ2v) is 9.14. The molecular formula is C21H25N5O3S. The van der Waals surface area contributed by atoms with Crippen molar-refractivity contribution in [3.63, 3.8) is 0 Å². The molecule has 2 aliphatic heterocycles. The third kappa shape index (κ3) is 4.35. The third-order valence-corrected chi connectivity index (χ3v) is 6.51. The van der Waals surface area contributed by atoms with Crippen LogP contribution in [0.2, 0.25) is 0 Å². The van der Waals surface area contributed by atoms with Crippen molar-refractivity contribution < 1.29 is 14.4 Å². The lowest BCUT2D eigenvalue weighted by Crippen LogP contribution is -2.44. The molecule has 2 fully saturated rings. The van der Waals surface area contributed by atoms with Crippen LogP contribution in [0.3, 0.4) is 0 Å². The van der Waals surface area contributed by atoms with Crippen LogP contribution in [-0.2, 0) is 14.4 Å². The number of aryl methyl sites for hydroxylation is 2. The molecule has 1 aromatic heterocycles. The number of hydrogen-bond acceptors (Lipinski definition) is 6. The van der Waals surface area contributed by atoms with Gasteiger partial charge in [0.15, 0.2) is 0 Å². The van der Waals surface area contributed by atoms with Crippen LogP contribution in [0.25, 0.3) is 0 Å². The maximum Gasteiger partial charge on any atom is 0.229 e. The first-order valence-corrected chi connectivity index (χ1v) is 11.0. The first-order chi connectivity index (χ1) is 14.4. The number of anilines is 2. The van der Waals surface area contributed by atoms with Crippen molar-refractivity contribution in [3.05, 3.63) is 34.8 Å². The quantitative estimate of drug-likeness (QED) is 0.808. The lowest BCUT2D eigenvalue weighted by Gasteiger charge is -2.32. The van der Waals surface area contributed by atoms with Gasteiger partial charge in [-0.25, -0.2) is 0 Å². The number of nitrogens with one attached hydrogen (secondary N) is 1. The Morgan fingerprint density at radius 2 is 1.77 bits per heavy atom. The van der Waals surface area contributed by atoms with Crippen molar-refractivity contribution in [1.82, 2.24) is 15.1 Å². The fraction of sp³-hybridized carbons (Fsp3) is 0.476. The van der Waals surface area contributed by atoms with E-state index in [1.165, 1.54) is 11.3 Å². The molecule has 0 spiro atoms. The van der Waals surface area contributed by atoms with Gasteiger partial charge < -0.3 is 15.1 Å². The Kier molecular flexibility index (Phi) is 5.80. The van der Waals surface area contributed by atoms with Crippen LogP contribution in [0.5, 0.6) is 0 Å². The number of carbonyl (C=O) groups is 3. The van der Waals surface area contributed by atoms with Gasteiger partial charge in [0.25, 0.3) is 0 Å². The van der Waals surface area contributed by atoms with Gasteiger partial charge in [-0.3, -0.25) is 14.4 Å². The van der Waals surface area contributed by atoms with E-state index in [4.69, 9.17) is 0 Å². The van der Waals surface area contributed by atoms with Crippen molar-refractivity contribution in [1.29, 1.82) is 0 Å². The van der Waals surface area contributed by atoms with Crippen molar-refractivity contribution in [3.8, 4) is 0 Å². The fourth-order valence-electron chi connectivity index (χ4n) is 4.02. The number of aromatic nitrogens is 2. The Bertz CT molecular complexity index is 950. The summed E-state index contributed by atoms with van der Waals surface area (Å²) in [5, 5.41) is 12.0. The van der Waals surface area contributed by atoms with Crippen molar-refractivity contribution in [2.75, 3.05) is 29.9 Å². The van der Waals surface area contributed by atoms with E-state index in [9.17, 15) is 14.4 Å². The summed E-state index contributed by atoms with van der Waals surface area (Å²) in [5.74, 6) is -0.545. The summed E-state index contributed by atoms with van der Waals surface area (Å²) in [4.78, 5) is 41.4. The van der Waals surface area contributed by atoms with E-state index in [0.29, 0.717) is 37.6 Å². The van der Waals surface area contributed by atoms with Gasteiger partial charge in [0.05, 0.1) is 5.92 Å². The normalized spacial score (nSPS) is 19.9. The Hall–Kier alpha value is -2.81. The molecule has 1 aromatic carbocycles. The molecular weight excluding hydrogens is 402 g/mol. The van der Waals surface area contributed by atoms with E-state index in [-0.39, 0.29) is 36.0 Å². The predicted octanol–water partition coefficient (Wildman–Crippen LogP) is 2.39. The molecule has 158 valence electrons. The van der Waals surface area contributed by atoms with Crippen LogP contribution in [0, 0.1) is 25.7 Å². The molecule has 3 amide bonds. The Morgan fingerprint density at radius 3 is 2.40 bits per heavy atom. The van der Waals surface area contributed by atoms with Crippen molar-refractivity contribution in [2.24, 2.45) is 11.8 Å². The SMILES string of the molecule is Cc1ccc(N2CC(C(=O)N3CCC(C(=O)Nc4nnc(C)s4)CC3)CC2=O)cc1. The zero-order chi connectivity index (χ0) is 21.3. The summed E-state index contributed by atoms with van der Waals surface area (Å²) < 4.78 is 0. The van der Waals surface area contributed by atoms with Gasteiger partial charge in [-0.05, 0) is 38.8 Å². The number of hydrogen-bond donors (Lipinski definition) is 1. The van der Waals surface area contributed by atoms with Gasteiger partial charge in [0, 0.05) is 37.7 Å². The second-order valence-electron chi connectivity index (χ2n) is 7.96. The van der Waals surface area contributed by atoms with Gasteiger partial charge >= 0.3 is 0 Å². The standard InChI is InChI=1S/C21H25N5O3S/c1-13-3-5-17(6-4-13)26-12-16(11-18(26)27)20(29)25-9-7-15(8-10-25)19(28)22-21-24-23-14(2)30-21/h3-6,15-16H,7-12H2,1-2H3,(H,22,24,28). The zero-order valence-corrected chi connectivity index (χ0v) is 17.9. The number of nitrogens with zero attached hydrogens (tertiary/aromatic N) is 4. The second kappa shape index (κ2) is 8.51. The topological polar surface area (TPSA) is 95.5 Å². The van der Waals surface area contributed by atoms with E-state index in [0.717, 1.165) is 16.3 Å². The highest BCUT2D eigenvalue weighted by molar-refractivity contribution is 7.15. The van der Waals surface area contributed by atoms with Gasteiger partial charge in [0.2, 0.25) is 22.9 Å². The summed E-state index contributed by atoms with van der Waals surface area (Å²) in [6, 6.07) is 7.78. The molecule has 2 aromatic rings. The van der Waals surface area contributed by atoms with Crippen molar-refractivity contribution >= 4 is 39.9 Å². The minimum Gasteiger partial charge on any atom is -0.342 e. The Labute approximate surface area is 179 Å². The first kappa shape index (κ1) is 20.5. The number of benzene rings is 1. The first-order valence-electron chi connectivity index (χ1n) is 10.2. The average molecular weight is 428 g/mol. The molecule has 0 saturated carbocycles. The molecule has 2 saturated heterocycles. The highest BCUT2D eigenvalue weighted by atomic mass is 32.1. The van der Waals surface area contributed by atoms with Gasteiger partial charge in [-0.1, -0.05) is 29.0 Å². The molecule has 1 unspecified atom stereocenters. The lowest BCUT2D eigenvalue weighted by atomic mass is 9.94. The number of rotatable bonds is 4. The van der Waals surface area contributed by atoms with Crippen molar-refractivity contribution in [2.45, 2.75) is 33.1 Å². The summed E-state index contributed by atoms with van der Waals surface area (Å²) in [7, 11) is 0. The monoisotopic (exact) mass is 427 g/mol. The lowest BCUT2D eigenvalue weighted by molar-refractivity contribution is -0.138. The molecule has 4 rings (SSSR count). The van der Waals surface area contributed by atoms with E-state index in [1.54, 1.807) is 9.80 Å². The van der Waals surface area contributed by atoms with Crippen LogP contribution in [0.15, 0.2) is 24.3 Å². The van der Waals surface area contributed by atoms with Crippen LogP contribution < -0.4 is 10.2 Å². The van der Waals surface area contributed by atoms with Crippen LogP contribution in [0.1, 0.15) is 29.8 Å². The average Bonchev–Trinajstić information content (AvgIpc) is 3.33.